The van der Waals surface area contributed by atoms with Gasteiger partial charge in [-0.1, -0.05) is 31.9 Å². The molecule has 0 rings (SSSR count). The minimum atomic E-state index is -2.62. The number of hydrogen-bond acceptors (Lipinski definition) is 0. The van der Waals surface area contributed by atoms with Gasteiger partial charge in [-0.3, -0.25) is 0 Å². The Morgan fingerprint density at radius 2 is 1.80 bits per heavy atom. The lowest BCUT2D eigenvalue weighted by atomic mass is 10.6. The molecule has 0 fully saturated rings. The van der Waals surface area contributed by atoms with Crippen LogP contribution in [-0.4, -0.2) is 10.6 Å². The van der Waals surface area contributed by atoms with Gasteiger partial charge in [0.05, 0.1) is 0 Å². The fourth-order valence-electron chi connectivity index (χ4n) is 0.0179. The number of rotatable bonds is 2. The van der Waals surface area contributed by atoms with Crippen molar-refractivity contribution < 1.29 is 8.22 Å². The molecule has 0 saturated heterocycles. The Kier molecular flexibility index (Phi) is 1.21. The maximum Gasteiger partial charge on any atom is 0.0387 e. The number of halogens is 2. The summed E-state index contributed by atoms with van der Waals surface area (Å²) in [7, 11) is 0. The van der Waals surface area contributed by atoms with E-state index in [2.05, 4.69) is 31.9 Å². The highest BCUT2D eigenvalue weighted by Gasteiger charge is 1.71. The van der Waals surface area contributed by atoms with Crippen molar-refractivity contribution in [3.05, 3.63) is 0 Å². The van der Waals surface area contributed by atoms with Gasteiger partial charge >= 0.3 is 0 Å². The monoisotopic (exact) mass is 206 g/mol. The van der Waals surface area contributed by atoms with Gasteiger partial charge in [0.25, 0.3) is 0 Å². The third kappa shape index (κ3) is 4.96. The maximum atomic E-state index is 7.05. The SMILES string of the molecule is [2H]C([2H])(Br)C([2H])([2H])C([2H])([2H])Br. The highest BCUT2D eigenvalue weighted by atomic mass is 79.9. The smallest absolute Gasteiger partial charge is 0.0387 e. The lowest BCUT2D eigenvalue weighted by molar-refractivity contribution is 1.15. The van der Waals surface area contributed by atoms with E-state index >= 15 is 0 Å². The molecule has 0 aliphatic rings. The van der Waals surface area contributed by atoms with Crippen LogP contribution in [0.1, 0.15) is 14.6 Å². The zero-order valence-corrected chi connectivity index (χ0v) is 5.43. The van der Waals surface area contributed by atoms with Gasteiger partial charge in [-0.2, -0.15) is 0 Å². The average molecular weight is 208 g/mol. The van der Waals surface area contributed by atoms with Crippen molar-refractivity contribution in [3.8, 4) is 0 Å². The van der Waals surface area contributed by atoms with Gasteiger partial charge in [-0.15, -0.1) is 0 Å². The lowest BCUT2D eigenvalue weighted by Gasteiger charge is -1.76. The molecule has 0 N–H and O–H groups in total. The Morgan fingerprint density at radius 3 is 1.80 bits per heavy atom. The second-order valence-corrected chi connectivity index (χ2v) is 1.11. The van der Waals surface area contributed by atoms with Crippen LogP contribution < -0.4 is 0 Å². The summed E-state index contributed by atoms with van der Waals surface area (Å²) in [5, 5.41) is -4.79. The molecule has 0 aromatic rings. The molecule has 0 atom stereocenters. The van der Waals surface area contributed by atoms with Crippen LogP contribution in [0.2, 0.25) is 0 Å². The molecule has 0 saturated carbocycles. The molecule has 0 spiro atoms. The molecule has 0 radical (unpaired) electrons. The van der Waals surface area contributed by atoms with E-state index in [0.717, 1.165) is 0 Å². The first-order valence-electron chi connectivity index (χ1n) is 3.88. The van der Waals surface area contributed by atoms with Crippen molar-refractivity contribution in [1.82, 2.24) is 0 Å². The van der Waals surface area contributed by atoms with Crippen LogP contribution in [0.25, 0.3) is 0 Å². The van der Waals surface area contributed by atoms with Crippen LogP contribution in [0.4, 0.5) is 0 Å². The molecule has 0 heterocycles. The second kappa shape index (κ2) is 4.96. The molecule has 2 heteroatoms. The maximum absolute atomic E-state index is 7.05. The summed E-state index contributed by atoms with van der Waals surface area (Å²) in [5.74, 6) is 0. The fraction of sp³-hybridized carbons (Fsp3) is 1.00. The van der Waals surface area contributed by atoms with Crippen molar-refractivity contribution in [3.63, 3.8) is 0 Å². The van der Waals surface area contributed by atoms with Gasteiger partial charge in [0.15, 0.2) is 0 Å². The topological polar surface area (TPSA) is 0 Å². The van der Waals surface area contributed by atoms with Crippen LogP contribution in [0.3, 0.4) is 0 Å². The van der Waals surface area contributed by atoms with Crippen LogP contribution >= 0.6 is 31.9 Å². The van der Waals surface area contributed by atoms with E-state index in [-0.39, 0.29) is 0 Å². The predicted molar refractivity (Wildman–Crippen MR) is 32.2 cm³/mol. The quantitative estimate of drug-likeness (QED) is 0.610. The Hall–Kier alpha value is 0.960. The van der Waals surface area contributed by atoms with E-state index in [4.69, 9.17) is 8.22 Å². The first-order valence-corrected chi connectivity index (χ1v) is 2.46. The van der Waals surface area contributed by atoms with Gasteiger partial charge < -0.3 is 0 Å². The van der Waals surface area contributed by atoms with E-state index < -0.39 is 16.9 Å². The van der Waals surface area contributed by atoms with Crippen LogP contribution in [0.5, 0.6) is 0 Å². The molecule has 0 aromatic carbocycles. The first kappa shape index (κ1) is 1.22. The van der Waals surface area contributed by atoms with Gasteiger partial charge in [-0.25, -0.2) is 0 Å². The minimum absolute atomic E-state index is 2.40. The molecule has 0 unspecified atom stereocenters. The fourth-order valence-corrected chi connectivity index (χ4v) is 0.482. The van der Waals surface area contributed by atoms with Crippen molar-refractivity contribution in [2.24, 2.45) is 0 Å². The normalized spacial score (nSPS) is 34.8. The van der Waals surface area contributed by atoms with E-state index in [1.165, 1.54) is 0 Å². The summed E-state index contributed by atoms with van der Waals surface area (Å²) in [5.41, 5.74) is 0. The van der Waals surface area contributed by atoms with E-state index in [1.807, 2.05) is 0 Å². The van der Waals surface area contributed by atoms with Crippen LogP contribution in [0.15, 0.2) is 0 Å². The summed E-state index contributed by atoms with van der Waals surface area (Å²) in [4.78, 5) is 0. The first-order chi connectivity index (χ1) is 4.50. The molecular formula is C3H6Br2. The second-order valence-electron chi connectivity index (χ2n) is 0.314. The molecule has 0 aliphatic carbocycles. The van der Waals surface area contributed by atoms with Crippen molar-refractivity contribution in [2.45, 2.75) is 6.37 Å². The number of alkyl halides is 2. The van der Waals surface area contributed by atoms with Crippen molar-refractivity contribution in [1.29, 1.82) is 0 Å². The van der Waals surface area contributed by atoms with E-state index in [9.17, 15) is 0 Å². The van der Waals surface area contributed by atoms with E-state index in [0.29, 0.717) is 0 Å². The third-order valence-electron chi connectivity index (χ3n) is 0.0945. The molecule has 0 bridgehead atoms. The summed E-state index contributed by atoms with van der Waals surface area (Å²) in [6, 6.07) is 0. The molecule has 5 heavy (non-hydrogen) atoms. The average Bonchev–Trinajstić information content (AvgIpc) is 1.58. The molecule has 0 amide bonds. The van der Waals surface area contributed by atoms with Crippen LogP contribution in [-0.2, 0) is 0 Å². The Balaban J connectivity index is 4.75. The highest BCUT2D eigenvalue weighted by Crippen LogP contribution is 1.90. The summed E-state index contributed by atoms with van der Waals surface area (Å²) >= 11 is 4.85. The Labute approximate surface area is 57.6 Å². The summed E-state index contributed by atoms with van der Waals surface area (Å²) < 4.78 is 41.8. The standard InChI is InChI=1S/C3H6Br2/c4-2-1-3-5/h1-3H2/i1D2,2D2,3D2. The van der Waals surface area contributed by atoms with Gasteiger partial charge in [0.1, 0.15) is 0 Å². The minimum Gasteiger partial charge on any atom is -0.0928 e. The highest BCUT2D eigenvalue weighted by molar-refractivity contribution is 9.09. The van der Waals surface area contributed by atoms with Crippen LogP contribution in [0, 0.1) is 0 Å². The lowest BCUT2D eigenvalue weighted by Crippen LogP contribution is -1.69. The molecule has 0 aromatic heterocycles. The van der Waals surface area contributed by atoms with Gasteiger partial charge in [0.2, 0.25) is 0 Å². The predicted octanol–water partition coefficient (Wildman–Crippen LogP) is 2.17. The van der Waals surface area contributed by atoms with Gasteiger partial charge in [-0.05, 0) is 6.37 Å². The summed E-state index contributed by atoms with van der Waals surface area (Å²) in [6.07, 6.45) is -2.62. The zero-order valence-electron chi connectivity index (χ0n) is 8.26. The molecule has 32 valence electrons. The summed E-state index contributed by atoms with van der Waals surface area (Å²) in [6.45, 7) is 0. The van der Waals surface area contributed by atoms with Gasteiger partial charge in [0, 0.05) is 18.8 Å². The molecule has 0 aliphatic heterocycles. The Bertz CT molecular complexity index is 127. The van der Waals surface area contributed by atoms with Crippen molar-refractivity contribution in [2.75, 3.05) is 10.6 Å². The molecular weight excluding hydrogens is 196 g/mol. The van der Waals surface area contributed by atoms with E-state index in [1.54, 1.807) is 0 Å². The Morgan fingerprint density at radius 1 is 1.40 bits per heavy atom. The van der Waals surface area contributed by atoms with Crippen molar-refractivity contribution >= 4 is 31.9 Å². The third-order valence-corrected chi connectivity index (χ3v) is 0.491. The zero-order chi connectivity index (χ0) is 9.50. The largest absolute Gasteiger partial charge is 0.0928 e. The molecule has 0 nitrogen and oxygen atoms in total. The number of hydrogen-bond donors (Lipinski definition) is 0.